The van der Waals surface area contributed by atoms with E-state index in [-0.39, 0.29) is 18.0 Å². The number of carbonyl (C=O) groups is 1. The summed E-state index contributed by atoms with van der Waals surface area (Å²) in [4.78, 5) is 11.1. The van der Waals surface area contributed by atoms with Crippen LogP contribution in [0.3, 0.4) is 0 Å². The molecule has 0 spiro atoms. The van der Waals surface area contributed by atoms with E-state index in [4.69, 9.17) is 21.9 Å². The molecule has 0 atom stereocenters. The van der Waals surface area contributed by atoms with E-state index in [1.807, 2.05) is 0 Å². The minimum absolute atomic E-state index is 0.0812. The maximum atomic E-state index is 11.1. The molecule has 1 heterocycles. The largest absolute Gasteiger partial charge is 0.457 e. The van der Waals surface area contributed by atoms with Crippen molar-refractivity contribution in [2.75, 3.05) is 6.61 Å². The van der Waals surface area contributed by atoms with Crippen LogP contribution in [0.4, 0.5) is 0 Å². The minimum Gasteiger partial charge on any atom is -0.457 e. The van der Waals surface area contributed by atoms with Gasteiger partial charge in [-0.1, -0.05) is 6.58 Å². The molecule has 1 fully saturated rings. The fourth-order valence-corrected chi connectivity index (χ4v) is 1.05. The molecule has 1 rings (SSSR count). The Labute approximate surface area is 75.5 Å². The molecule has 0 unspecified atom stereocenters. The Kier molecular flexibility index (Phi) is 2.27. The molecular weight excluding hydrogens is 170 g/mol. The predicted octanol–water partition coefficient (Wildman–Crippen LogP) is -0.929. The van der Waals surface area contributed by atoms with Gasteiger partial charge < -0.3 is 21.9 Å². The fourth-order valence-electron chi connectivity index (χ4n) is 1.05. The topological polar surface area (TPSA) is 104 Å². The highest BCUT2D eigenvalue weighted by atomic mass is 16.5. The van der Waals surface area contributed by atoms with Gasteiger partial charge in [0.05, 0.1) is 0 Å². The lowest BCUT2D eigenvalue weighted by Crippen LogP contribution is -2.16. The first-order valence-corrected chi connectivity index (χ1v) is 3.61. The normalized spacial score (nSPS) is 19.7. The standard InChI is InChI=1S/C8H11N3O2/c1-2-5(9)4-3-13-8(12)6(4)7(10)11/h2H,1,3,9-11H2/b5-4+. The monoisotopic (exact) mass is 181 g/mol. The summed E-state index contributed by atoms with van der Waals surface area (Å²) in [6, 6.07) is 0. The summed E-state index contributed by atoms with van der Waals surface area (Å²) in [5.41, 5.74) is 17.2. The van der Waals surface area contributed by atoms with Crippen LogP contribution in [0.2, 0.25) is 0 Å². The van der Waals surface area contributed by atoms with Crippen molar-refractivity contribution in [3.63, 3.8) is 0 Å². The van der Waals surface area contributed by atoms with Crippen molar-refractivity contribution in [2.24, 2.45) is 17.2 Å². The Morgan fingerprint density at radius 1 is 1.46 bits per heavy atom. The fraction of sp³-hybridized carbons (Fsp3) is 0.125. The van der Waals surface area contributed by atoms with E-state index in [1.54, 1.807) is 0 Å². The lowest BCUT2D eigenvalue weighted by molar-refractivity contribution is -0.135. The molecule has 0 radical (unpaired) electrons. The van der Waals surface area contributed by atoms with Gasteiger partial charge in [0.1, 0.15) is 18.0 Å². The number of hydrogen-bond acceptors (Lipinski definition) is 5. The van der Waals surface area contributed by atoms with Gasteiger partial charge in [-0.3, -0.25) is 0 Å². The molecule has 1 saturated heterocycles. The van der Waals surface area contributed by atoms with Crippen LogP contribution in [0.25, 0.3) is 0 Å². The van der Waals surface area contributed by atoms with Gasteiger partial charge in [-0.15, -0.1) is 0 Å². The molecule has 13 heavy (non-hydrogen) atoms. The van der Waals surface area contributed by atoms with E-state index in [1.165, 1.54) is 6.08 Å². The highest BCUT2D eigenvalue weighted by molar-refractivity contribution is 5.97. The first-order valence-electron chi connectivity index (χ1n) is 3.61. The van der Waals surface area contributed by atoms with Crippen molar-refractivity contribution < 1.29 is 9.53 Å². The Bertz CT molecular complexity index is 324. The quantitative estimate of drug-likeness (QED) is 0.358. The van der Waals surface area contributed by atoms with E-state index in [2.05, 4.69) is 6.58 Å². The van der Waals surface area contributed by atoms with Crippen molar-refractivity contribution in [1.82, 2.24) is 0 Å². The Hall–Kier alpha value is -1.91. The van der Waals surface area contributed by atoms with Crippen LogP contribution in [0.5, 0.6) is 0 Å². The number of cyclic esters (lactones) is 1. The van der Waals surface area contributed by atoms with Gasteiger partial charge in [-0.25, -0.2) is 4.79 Å². The summed E-state index contributed by atoms with van der Waals surface area (Å²) >= 11 is 0. The predicted molar refractivity (Wildman–Crippen MR) is 47.8 cm³/mol. The van der Waals surface area contributed by atoms with Gasteiger partial charge in [-0.05, 0) is 6.08 Å². The van der Waals surface area contributed by atoms with Gasteiger partial charge in [-0.2, -0.15) is 0 Å². The van der Waals surface area contributed by atoms with Gasteiger partial charge in [0.25, 0.3) is 0 Å². The molecule has 0 aliphatic carbocycles. The molecule has 0 aromatic heterocycles. The second-order valence-electron chi connectivity index (χ2n) is 2.54. The molecule has 6 N–H and O–H groups in total. The van der Waals surface area contributed by atoms with E-state index >= 15 is 0 Å². The number of hydrogen-bond donors (Lipinski definition) is 3. The zero-order valence-corrected chi connectivity index (χ0v) is 7.04. The second kappa shape index (κ2) is 3.22. The Balaban J connectivity index is 3.25. The van der Waals surface area contributed by atoms with Crippen molar-refractivity contribution in [3.8, 4) is 0 Å². The van der Waals surface area contributed by atoms with Gasteiger partial charge >= 0.3 is 5.97 Å². The molecule has 5 heteroatoms. The highest BCUT2D eigenvalue weighted by Gasteiger charge is 2.28. The summed E-state index contributed by atoms with van der Waals surface area (Å²) in [7, 11) is 0. The van der Waals surface area contributed by atoms with Crippen LogP contribution in [0, 0.1) is 0 Å². The van der Waals surface area contributed by atoms with Crippen LogP contribution in [-0.4, -0.2) is 12.6 Å². The molecule has 1 aliphatic heterocycles. The minimum atomic E-state index is -0.542. The number of rotatable bonds is 1. The zero-order chi connectivity index (χ0) is 10.0. The van der Waals surface area contributed by atoms with E-state index in [9.17, 15) is 4.79 Å². The molecule has 70 valence electrons. The smallest absolute Gasteiger partial charge is 0.342 e. The van der Waals surface area contributed by atoms with Crippen molar-refractivity contribution in [3.05, 3.63) is 35.3 Å². The molecule has 0 bridgehead atoms. The highest BCUT2D eigenvalue weighted by Crippen LogP contribution is 2.22. The van der Waals surface area contributed by atoms with Crippen LogP contribution in [0.15, 0.2) is 35.3 Å². The Morgan fingerprint density at radius 2 is 2.08 bits per heavy atom. The van der Waals surface area contributed by atoms with Gasteiger partial charge in [0.15, 0.2) is 0 Å². The first-order chi connectivity index (χ1) is 6.07. The van der Waals surface area contributed by atoms with Crippen LogP contribution in [-0.2, 0) is 9.53 Å². The van der Waals surface area contributed by atoms with E-state index in [0.717, 1.165) is 0 Å². The van der Waals surface area contributed by atoms with E-state index in [0.29, 0.717) is 11.3 Å². The summed E-state index contributed by atoms with van der Waals surface area (Å²) in [6.45, 7) is 3.57. The van der Waals surface area contributed by atoms with Gasteiger partial charge in [0.2, 0.25) is 0 Å². The van der Waals surface area contributed by atoms with Crippen molar-refractivity contribution in [2.45, 2.75) is 0 Å². The number of allylic oxidation sites excluding steroid dienone is 1. The van der Waals surface area contributed by atoms with Crippen LogP contribution in [0.1, 0.15) is 0 Å². The molecule has 0 amide bonds. The summed E-state index contributed by atoms with van der Waals surface area (Å²) in [5, 5.41) is 0. The molecule has 0 aromatic carbocycles. The number of esters is 1. The number of nitrogens with two attached hydrogens (primary N) is 3. The van der Waals surface area contributed by atoms with Gasteiger partial charge in [0, 0.05) is 11.3 Å². The maximum Gasteiger partial charge on any atom is 0.342 e. The first kappa shape index (κ1) is 9.18. The summed E-state index contributed by atoms with van der Waals surface area (Å²) in [6.07, 6.45) is 1.42. The molecule has 0 saturated carbocycles. The third kappa shape index (κ3) is 1.48. The Morgan fingerprint density at radius 3 is 2.54 bits per heavy atom. The third-order valence-corrected chi connectivity index (χ3v) is 1.71. The third-order valence-electron chi connectivity index (χ3n) is 1.71. The number of carbonyl (C=O) groups excluding carboxylic acids is 1. The van der Waals surface area contributed by atoms with E-state index < -0.39 is 5.97 Å². The molecular formula is C8H11N3O2. The van der Waals surface area contributed by atoms with Crippen molar-refractivity contribution >= 4 is 5.97 Å². The van der Waals surface area contributed by atoms with Crippen LogP contribution >= 0.6 is 0 Å². The lowest BCUT2D eigenvalue weighted by atomic mass is 10.1. The average Bonchev–Trinajstić information content (AvgIpc) is 2.45. The molecule has 1 aliphatic rings. The average molecular weight is 181 g/mol. The molecule has 5 nitrogen and oxygen atoms in total. The SMILES string of the molecule is C=C/C(N)=C1/COC(=O)C1=C(N)N. The van der Waals surface area contributed by atoms with Crippen molar-refractivity contribution in [1.29, 1.82) is 0 Å². The molecule has 0 aromatic rings. The lowest BCUT2D eigenvalue weighted by Gasteiger charge is -2.00. The summed E-state index contributed by atoms with van der Waals surface area (Å²) in [5.74, 6) is -0.623. The second-order valence-corrected chi connectivity index (χ2v) is 2.54. The maximum absolute atomic E-state index is 11.1. The summed E-state index contributed by atoms with van der Waals surface area (Å²) < 4.78 is 4.72. The van der Waals surface area contributed by atoms with Crippen LogP contribution < -0.4 is 17.2 Å². The number of ether oxygens (including phenoxy) is 1. The zero-order valence-electron chi connectivity index (χ0n) is 7.04.